The van der Waals surface area contributed by atoms with Gasteiger partial charge in [0.2, 0.25) is 0 Å². The van der Waals surface area contributed by atoms with Crippen molar-refractivity contribution in [2.75, 3.05) is 0 Å². The lowest BCUT2D eigenvalue weighted by molar-refractivity contribution is -0.137. The second-order valence-corrected chi connectivity index (χ2v) is 4.83. The van der Waals surface area contributed by atoms with E-state index in [9.17, 15) is 18.3 Å². The highest BCUT2D eigenvalue weighted by atomic mass is 19.4. The van der Waals surface area contributed by atoms with Crippen molar-refractivity contribution >= 4 is 0 Å². The molecule has 0 unspecified atom stereocenters. The van der Waals surface area contributed by atoms with Crippen molar-refractivity contribution in [3.8, 4) is 0 Å². The molecular formula is C13H16F3NO. The van der Waals surface area contributed by atoms with Gasteiger partial charge >= 0.3 is 6.18 Å². The maximum Gasteiger partial charge on any atom is 0.416 e. The van der Waals surface area contributed by atoms with Gasteiger partial charge in [-0.25, -0.2) is 0 Å². The summed E-state index contributed by atoms with van der Waals surface area (Å²) in [6.07, 6.45) is -2.04. The lowest BCUT2D eigenvalue weighted by Crippen LogP contribution is -2.36. The molecule has 3 N–H and O–H groups in total. The number of halogens is 3. The Morgan fingerprint density at radius 1 is 1.17 bits per heavy atom. The third kappa shape index (κ3) is 2.67. The number of benzene rings is 1. The summed E-state index contributed by atoms with van der Waals surface area (Å²) >= 11 is 0. The molecular weight excluding hydrogens is 243 g/mol. The Hall–Kier alpha value is -1.07. The summed E-state index contributed by atoms with van der Waals surface area (Å²) in [6.45, 7) is 0. The first-order chi connectivity index (χ1) is 8.39. The van der Waals surface area contributed by atoms with Crippen LogP contribution in [0.3, 0.4) is 0 Å². The van der Waals surface area contributed by atoms with E-state index in [1.54, 1.807) is 0 Å². The number of alkyl halides is 3. The minimum atomic E-state index is -4.34. The van der Waals surface area contributed by atoms with Gasteiger partial charge in [-0.15, -0.1) is 0 Å². The number of hydrogen-bond acceptors (Lipinski definition) is 2. The molecule has 1 aromatic carbocycles. The van der Waals surface area contributed by atoms with E-state index in [1.807, 2.05) is 0 Å². The summed E-state index contributed by atoms with van der Waals surface area (Å²) in [5.41, 5.74) is 5.72. The Bertz CT molecular complexity index is 398. The van der Waals surface area contributed by atoms with Gasteiger partial charge in [-0.1, -0.05) is 18.6 Å². The first-order valence-electron chi connectivity index (χ1n) is 6.00. The van der Waals surface area contributed by atoms with E-state index in [0.29, 0.717) is 5.56 Å². The highest BCUT2D eigenvalue weighted by Crippen LogP contribution is 2.35. The third-order valence-corrected chi connectivity index (χ3v) is 3.62. The average Bonchev–Trinajstić information content (AvgIpc) is 2.24. The van der Waals surface area contributed by atoms with Crippen LogP contribution in [0.5, 0.6) is 0 Å². The Morgan fingerprint density at radius 3 is 2.11 bits per heavy atom. The first-order valence-corrected chi connectivity index (χ1v) is 6.00. The van der Waals surface area contributed by atoms with Gasteiger partial charge in [-0.05, 0) is 36.5 Å². The molecule has 0 radical (unpaired) electrons. The van der Waals surface area contributed by atoms with Crippen molar-refractivity contribution in [3.05, 3.63) is 35.4 Å². The molecule has 1 saturated carbocycles. The molecule has 0 bridgehead atoms. The highest BCUT2D eigenvalue weighted by Gasteiger charge is 2.32. The fraction of sp³-hybridized carbons (Fsp3) is 0.538. The Labute approximate surface area is 104 Å². The van der Waals surface area contributed by atoms with Crippen LogP contribution >= 0.6 is 0 Å². The van der Waals surface area contributed by atoms with Crippen LogP contribution in [0, 0.1) is 5.92 Å². The predicted octanol–water partition coefficient (Wildman–Crippen LogP) is 2.87. The third-order valence-electron chi connectivity index (χ3n) is 3.62. The van der Waals surface area contributed by atoms with Gasteiger partial charge in [0, 0.05) is 0 Å². The fourth-order valence-electron chi connectivity index (χ4n) is 2.17. The second kappa shape index (κ2) is 4.90. The zero-order valence-electron chi connectivity index (χ0n) is 9.82. The molecule has 1 aliphatic carbocycles. The van der Waals surface area contributed by atoms with E-state index in [4.69, 9.17) is 5.73 Å². The van der Waals surface area contributed by atoms with Crippen LogP contribution in [0.15, 0.2) is 24.3 Å². The lowest BCUT2D eigenvalue weighted by Gasteiger charge is -2.33. The zero-order chi connectivity index (χ0) is 13.3. The summed E-state index contributed by atoms with van der Waals surface area (Å²) in [7, 11) is 0. The number of aliphatic hydroxyl groups excluding tert-OH is 1. The summed E-state index contributed by atoms with van der Waals surface area (Å²) in [4.78, 5) is 0. The van der Waals surface area contributed by atoms with Gasteiger partial charge in [-0.3, -0.25) is 0 Å². The van der Waals surface area contributed by atoms with Crippen molar-refractivity contribution in [1.29, 1.82) is 0 Å². The monoisotopic (exact) mass is 259 g/mol. The molecule has 18 heavy (non-hydrogen) atoms. The first kappa shape index (κ1) is 13.4. The normalized spacial score (nSPS) is 20.3. The summed E-state index contributed by atoms with van der Waals surface area (Å²) in [5, 5.41) is 9.97. The standard InChI is InChI=1S/C13H16F3NO/c14-13(15,16)10-6-4-8(5-7-10)11(17)12(18)9-2-1-3-9/h4-7,9,11-12,18H,1-3,17H2/t11-,12+/m0/s1. The molecule has 0 aliphatic heterocycles. The average molecular weight is 259 g/mol. The van der Waals surface area contributed by atoms with Crippen LogP contribution in [0.1, 0.15) is 36.4 Å². The van der Waals surface area contributed by atoms with E-state index in [2.05, 4.69) is 0 Å². The molecule has 0 amide bonds. The lowest BCUT2D eigenvalue weighted by atomic mass is 9.77. The van der Waals surface area contributed by atoms with Crippen LogP contribution in [0.4, 0.5) is 13.2 Å². The molecule has 1 aromatic rings. The Balaban J connectivity index is 2.08. The largest absolute Gasteiger partial charge is 0.416 e. The summed E-state index contributed by atoms with van der Waals surface area (Å²) in [6, 6.07) is 4.08. The number of rotatable bonds is 3. The van der Waals surface area contributed by atoms with Crippen molar-refractivity contribution in [2.45, 2.75) is 37.6 Å². The van der Waals surface area contributed by atoms with Crippen molar-refractivity contribution in [1.82, 2.24) is 0 Å². The topological polar surface area (TPSA) is 46.2 Å². The number of aliphatic hydroxyl groups is 1. The minimum absolute atomic E-state index is 0.183. The summed E-state index contributed by atoms with van der Waals surface area (Å²) < 4.78 is 37.2. The molecule has 2 atom stereocenters. The molecule has 100 valence electrons. The molecule has 1 aliphatic rings. The van der Waals surface area contributed by atoms with E-state index >= 15 is 0 Å². The fourth-order valence-corrected chi connectivity index (χ4v) is 2.17. The van der Waals surface area contributed by atoms with E-state index in [-0.39, 0.29) is 5.92 Å². The van der Waals surface area contributed by atoms with Crippen LogP contribution in [0.25, 0.3) is 0 Å². The van der Waals surface area contributed by atoms with Gasteiger partial charge in [0.25, 0.3) is 0 Å². The van der Waals surface area contributed by atoms with Gasteiger partial charge in [0.1, 0.15) is 0 Å². The van der Waals surface area contributed by atoms with Crippen LogP contribution < -0.4 is 5.73 Å². The van der Waals surface area contributed by atoms with Gasteiger partial charge in [-0.2, -0.15) is 13.2 Å². The van der Waals surface area contributed by atoms with Crippen molar-refractivity contribution in [3.63, 3.8) is 0 Å². The molecule has 0 heterocycles. The Morgan fingerprint density at radius 2 is 1.72 bits per heavy atom. The van der Waals surface area contributed by atoms with Gasteiger partial charge < -0.3 is 10.8 Å². The van der Waals surface area contributed by atoms with Crippen LogP contribution in [-0.2, 0) is 6.18 Å². The molecule has 5 heteroatoms. The van der Waals surface area contributed by atoms with Gasteiger partial charge in [0.15, 0.2) is 0 Å². The maximum atomic E-state index is 12.4. The molecule has 0 aromatic heterocycles. The Kier molecular flexibility index (Phi) is 3.64. The molecule has 2 rings (SSSR count). The molecule has 1 fully saturated rings. The van der Waals surface area contributed by atoms with Crippen molar-refractivity contribution in [2.24, 2.45) is 11.7 Å². The SMILES string of the molecule is N[C@@H](c1ccc(C(F)(F)F)cc1)[C@H](O)C1CCC1. The predicted molar refractivity (Wildman–Crippen MR) is 61.7 cm³/mol. The van der Waals surface area contributed by atoms with E-state index in [0.717, 1.165) is 31.4 Å². The molecule has 0 spiro atoms. The number of hydrogen-bond donors (Lipinski definition) is 2. The minimum Gasteiger partial charge on any atom is -0.391 e. The van der Waals surface area contributed by atoms with Crippen LogP contribution in [-0.4, -0.2) is 11.2 Å². The smallest absolute Gasteiger partial charge is 0.391 e. The summed E-state index contributed by atoms with van der Waals surface area (Å²) in [5.74, 6) is 0.183. The zero-order valence-corrected chi connectivity index (χ0v) is 9.82. The van der Waals surface area contributed by atoms with E-state index < -0.39 is 23.9 Å². The van der Waals surface area contributed by atoms with E-state index in [1.165, 1.54) is 12.1 Å². The number of nitrogens with two attached hydrogens (primary N) is 1. The quantitative estimate of drug-likeness (QED) is 0.876. The van der Waals surface area contributed by atoms with Crippen molar-refractivity contribution < 1.29 is 18.3 Å². The second-order valence-electron chi connectivity index (χ2n) is 4.83. The van der Waals surface area contributed by atoms with Crippen LogP contribution in [0.2, 0.25) is 0 Å². The highest BCUT2D eigenvalue weighted by molar-refractivity contribution is 5.27. The van der Waals surface area contributed by atoms with Gasteiger partial charge in [0.05, 0.1) is 17.7 Å². The maximum absolute atomic E-state index is 12.4. The molecule has 0 saturated heterocycles. The molecule has 2 nitrogen and oxygen atoms in total.